The summed E-state index contributed by atoms with van der Waals surface area (Å²) < 4.78 is 6.03. The van der Waals surface area contributed by atoms with Gasteiger partial charge in [-0.25, -0.2) is 0 Å². The van der Waals surface area contributed by atoms with Crippen LogP contribution in [0.2, 0.25) is 0 Å². The normalized spacial score (nSPS) is 21.1. The highest BCUT2D eigenvalue weighted by atomic mass is 32.1. The van der Waals surface area contributed by atoms with Gasteiger partial charge in [0.15, 0.2) is 0 Å². The summed E-state index contributed by atoms with van der Waals surface area (Å²) in [6, 6.07) is 21.6. The molecule has 0 spiro atoms. The van der Waals surface area contributed by atoms with Crippen LogP contribution in [-0.4, -0.2) is 10.3 Å². The van der Waals surface area contributed by atoms with E-state index in [1.54, 1.807) is 11.3 Å². The number of hydrogen-bond donors (Lipinski definition) is 1. The number of rotatable bonds is 2. The van der Waals surface area contributed by atoms with Crippen LogP contribution in [0.15, 0.2) is 72.1 Å². The molecule has 0 saturated heterocycles. The van der Waals surface area contributed by atoms with Crippen molar-refractivity contribution in [2.75, 3.05) is 0 Å². The third-order valence-corrected chi connectivity index (χ3v) is 4.76. The Balaban J connectivity index is 1.84. The van der Waals surface area contributed by atoms with E-state index in [9.17, 15) is 5.21 Å². The van der Waals surface area contributed by atoms with Crippen LogP contribution in [0.25, 0.3) is 0 Å². The van der Waals surface area contributed by atoms with Crippen molar-refractivity contribution < 1.29 is 9.94 Å². The smallest absolute Gasteiger partial charge is 0.210 e. The molecule has 0 saturated carbocycles. The molecule has 0 amide bonds. The molecule has 1 N–H and O–H groups in total. The molecule has 4 heteroatoms. The van der Waals surface area contributed by atoms with Crippen molar-refractivity contribution >= 4 is 11.3 Å². The molecule has 0 bridgehead atoms. The number of para-hydroxylation sites is 1. The van der Waals surface area contributed by atoms with Gasteiger partial charge in [0.25, 0.3) is 0 Å². The Morgan fingerprint density at radius 3 is 2.45 bits per heavy atom. The van der Waals surface area contributed by atoms with Crippen LogP contribution < -0.4 is 4.74 Å². The Morgan fingerprint density at radius 2 is 1.68 bits per heavy atom. The van der Waals surface area contributed by atoms with Gasteiger partial charge in [-0.05, 0) is 23.1 Å². The molecule has 1 aliphatic heterocycles. The lowest BCUT2D eigenvalue weighted by Crippen LogP contribution is -2.37. The topological polar surface area (TPSA) is 32.7 Å². The van der Waals surface area contributed by atoms with E-state index in [-0.39, 0.29) is 6.04 Å². The highest BCUT2D eigenvalue weighted by molar-refractivity contribution is 7.10. The van der Waals surface area contributed by atoms with Gasteiger partial charge in [0, 0.05) is 5.56 Å². The zero-order valence-electron chi connectivity index (χ0n) is 11.8. The number of hydroxylamine groups is 2. The van der Waals surface area contributed by atoms with Crippen molar-refractivity contribution in [2.24, 2.45) is 0 Å². The van der Waals surface area contributed by atoms with E-state index in [2.05, 4.69) is 0 Å². The predicted octanol–water partition coefficient (Wildman–Crippen LogP) is 4.62. The second-order valence-electron chi connectivity index (χ2n) is 5.22. The lowest BCUT2D eigenvalue weighted by atomic mass is 9.96. The second-order valence-corrected chi connectivity index (χ2v) is 6.20. The number of ether oxygens (including phenoxy) is 1. The first-order chi connectivity index (χ1) is 10.8. The second kappa shape index (κ2) is 5.57. The van der Waals surface area contributed by atoms with Crippen molar-refractivity contribution in [3.05, 3.63) is 88.1 Å². The average Bonchev–Trinajstić information content (AvgIpc) is 3.09. The minimum absolute atomic E-state index is 0.238. The van der Waals surface area contributed by atoms with Gasteiger partial charge in [-0.1, -0.05) is 54.6 Å². The Labute approximate surface area is 133 Å². The van der Waals surface area contributed by atoms with E-state index < -0.39 is 6.23 Å². The van der Waals surface area contributed by atoms with Gasteiger partial charge in [0.2, 0.25) is 6.23 Å². The Morgan fingerprint density at radius 1 is 0.909 bits per heavy atom. The summed E-state index contributed by atoms with van der Waals surface area (Å²) in [4.78, 5) is 0.984. The molecule has 2 unspecified atom stereocenters. The first-order valence-corrected chi connectivity index (χ1v) is 8.04. The Hall–Kier alpha value is -2.14. The highest BCUT2D eigenvalue weighted by Crippen LogP contribution is 2.44. The summed E-state index contributed by atoms with van der Waals surface area (Å²) in [5, 5.41) is 14.1. The van der Waals surface area contributed by atoms with E-state index in [4.69, 9.17) is 4.74 Å². The number of nitrogens with zero attached hydrogens (tertiary/aromatic N) is 1. The maximum Gasteiger partial charge on any atom is 0.210 e. The lowest BCUT2D eigenvalue weighted by molar-refractivity contribution is -0.219. The van der Waals surface area contributed by atoms with Crippen LogP contribution in [0.3, 0.4) is 0 Å². The molecule has 1 aliphatic rings. The van der Waals surface area contributed by atoms with Crippen LogP contribution in [0.4, 0.5) is 0 Å². The zero-order chi connectivity index (χ0) is 14.9. The molecule has 2 atom stereocenters. The molecule has 2 aromatic carbocycles. The van der Waals surface area contributed by atoms with E-state index in [0.29, 0.717) is 0 Å². The van der Waals surface area contributed by atoms with Crippen molar-refractivity contribution in [1.29, 1.82) is 0 Å². The molecule has 3 nitrogen and oxygen atoms in total. The van der Waals surface area contributed by atoms with Gasteiger partial charge in [0.05, 0.1) is 10.9 Å². The van der Waals surface area contributed by atoms with Crippen LogP contribution in [0.1, 0.15) is 28.3 Å². The van der Waals surface area contributed by atoms with Crippen molar-refractivity contribution in [2.45, 2.75) is 12.3 Å². The summed E-state index contributed by atoms with van der Waals surface area (Å²) in [6.07, 6.45) is -0.486. The van der Waals surface area contributed by atoms with E-state index in [1.165, 1.54) is 5.06 Å². The molecule has 1 aromatic heterocycles. The van der Waals surface area contributed by atoms with Crippen LogP contribution in [-0.2, 0) is 0 Å². The molecule has 0 fully saturated rings. The maximum atomic E-state index is 10.8. The predicted molar refractivity (Wildman–Crippen MR) is 86.0 cm³/mol. The van der Waals surface area contributed by atoms with Gasteiger partial charge >= 0.3 is 0 Å². The van der Waals surface area contributed by atoms with Crippen molar-refractivity contribution in [3.8, 4) is 5.75 Å². The first-order valence-electron chi connectivity index (χ1n) is 7.16. The number of hydrogen-bond acceptors (Lipinski definition) is 4. The average molecular weight is 309 g/mol. The van der Waals surface area contributed by atoms with Gasteiger partial charge in [-0.2, -0.15) is 0 Å². The summed E-state index contributed by atoms with van der Waals surface area (Å²) in [7, 11) is 0. The van der Waals surface area contributed by atoms with Gasteiger partial charge in [-0.3, -0.25) is 0 Å². The number of thiophene rings is 1. The van der Waals surface area contributed by atoms with E-state index in [0.717, 1.165) is 21.8 Å². The molecule has 0 radical (unpaired) electrons. The van der Waals surface area contributed by atoms with Crippen LogP contribution in [0.5, 0.6) is 5.75 Å². The minimum Gasteiger partial charge on any atom is -0.468 e. The monoisotopic (exact) mass is 309 g/mol. The Kier molecular flexibility index (Phi) is 3.42. The van der Waals surface area contributed by atoms with Crippen LogP contribution in [0, 0.1) is 0 Å². The third kappa shape index (κ3) is 2.22. The highest BCUT2D eigenvalue weighted by Gasteiger charge is 2.37. The van der Waals surface area contributed by atoms with Gasteiger partial charge in [-0.15, -0.1) is 16.4 Å². The summed E-state index contributed by atoms with van der Waals surface area (Å²) >= 11 is 1.58. The number of fused-ring (bicyclic) bond motifs is 1. The quantitative estimate of drug-likeness (QED) is 0.749. The Bertz CT molecular complexity index is 758. The molecule has 4 rings (SSSR count). The lowest BCUT2D eigenvalue weighted by Gasteiger charge is -2.38. The molecular formula is C18H15NO2S. The summed E-state index contributed by atoms with van der Waals surface area (Å²) in [5.74, 6) is 0.819. The molecule has 110 valence electrons. The van der Waals surface area contributed by atoms with Crippen LogP contribution >= 0.6 is 11.3 Å². The third-order valence-electron chi connectivity index (χ3n) is 3.86. The largest absolute Gasteiger partial charge is 0.468 e. The minimum atomic E-state index is -0.486. The van der Waals surface area contributed by atoms with Gasteiger partial charge in [0.1, 0.15) is 5.75 Å². The SMILES string of the molecule is ON1C(c2cccs2)Oc2ccccc2C1c1ccccc1. The summed E-state index contributed by atoms with van der Waals surface area (Å²) in [5.41, 5.74) is 2.02. The van der Waals surface area contributed by atoms with E-state index in [1.807, 2.05) is 72.1 Å². The van der Waals surface area contributed by atoms with Crippen molar-refractivity contribution in [1.82, 2.24) is 5.06 Å². The van der Waals surface area contributed by atoms with Crippen molar-refractivity contribution in [3.63, 3.8) is 0 Å². The maximum absolute atomic E-state index is 10.8. The molecule has 22 heavy (non-hydrogen) atoms. The molecular weight excluding hydrogens is 294 g/mol. The fourth-order valence-electron chi connectivity index (χ4n) is 2.85. The van der Waals surface area contributed by atoms with E-state index >= 15 is 0 Å². The zero-order valence-corrected chi connectivity index (χ0v) is 12.6. The summed E-state index contributed by atoms with van der Waals surface area (Å²) in [6.45, 7) is 0. The van der Waals surface area contributed by atoms with Gasteiger partial charge < -0.3 is 9.94 Å². The first kappa shape index (κ1) is 13.5. The standard InChI is InChI=1S/C18H15NO2S/c20-19-17(13-7-2-1-3-8-13)14-9-4-5-10-15(14)21-18(19)16-11-6-12-22-16/h1-12,17-18,20H. The molecule has 2 heterocycles. The fourth-order valence-corrected chi connectivity index (χ4v) is 3.60. The number of benzene rings is 2. The molecule has 0 aliphatic carbocycles. The fraction of sp³-hybridized carbons (Fsp3) is 0.111. The molecule has 3 aromatic rings.